The van der Waals surface area contributed by atoms with Gasteiger partial charge in [0, 0.05) is 10.9 Å². The van der Waals surface area contributed by atoms with Crippen molar-refractivity contribution < 1.29 is 4.39 Å². The Morgan fingerprint density at radius 2 is 2.18 bits per heavy atom. The number of halogens is 2. The molecule has 0 saturated heterocycles. The Labute approximate surface area is 113 Å². The number of likely N-dealkylation sites (N-methyl/N-ethyl adjacent to an activating group) is 1. The van der Waals surface area contributed by atoms with Gasteiger partial charge in [0.15, 0.2) is 0 Å². The smallest absolute Gasteiger partial charge is 0.123 e. The minimum atomic E-state index is -0.176. The summed E-state index contributed by atoms with van der Waals surface area (Å²) in [6.07, 6.45) is 0.793. The lowest BCUT2D eigenvalue weighted by Crippen LogP contribution is -2.17. The van der Waals surface area contributed by atoms with E-state index in [0.29, 0.717) is 0 Å². The van der Waals surface area contributed by atoms with E-state index in [2.05, 4.69) is 27.3 Å². The first-order valence-electron chi connectivity index (χ1n) is 5.36. The largest absolute Gasteiger partial charge is 0.312 e. The summed E-state index contributed by atoms with van der Waals surface area (Å²) in [7, 11) is 1.93. The van der Waals surface area contributed by atoms with E-state index < -0.39 is 0 Å². The maximum atomic E-state index is 13.1. The summed E-state index contributed by atoms with van der Waals surface area (Å²) in [4.78, 5) is 1.25. The predicted molar refractivity (Wildman–Crippen MR) is 73.9 cm³/mol. The highest BCUT2D eigenvalue weighted by atomic mass is 79.9. The molecule has 1 aromatic carbocycles. The van der Waals surface area contributed by atoms with Crippen LogP contribution in [0.5, 0.6) is 0 Å². The number of benzene rings is 1. The van der Waals surface area contributed by atoms with Gasteiger partial charge in [-0.3, -0.25) is 0 Å². The molecule has 1 aromatic heterocycles. The average molecular weight is 314 g/mol. The van der Waals surface area contributed by atoms with Crippen LogP contribution in [0.4, 0.5) is 4.39 Å². The summed E-state index contributed by atoms with van der Waals surface area (Å²) in [5, 5.41) is 3.27. The Morgan fingerprint density at radius 1 is 1.35 bits per heavy atom. The van der Waals surface area contributed by atoms with E-state index in [0.717, 1.165) is 15.8 Å². The Morgan fingerprint density at radius 3 is 2.76 bits per heavy atom. The zero-order valence-electron chi connectivity index (χ0n) is 9.41. The average Bonchev–Trinajstić information content (AvgIpc) is 2.73. The Kier molecular flexibility index (Phi) is 4.31. The maximum absolute atomic E-state index is 13.1. The quantitative estimate of drug-likeness (QED) is 0.894. The van der Waals surface area contributed by atoms with E-state index in [1.807, 2.05) is 19.2 Å². The minimum Gasteiger partial charge on any atom is -0.312 e. The van der Waals surface area contributed by atoms with Gasteiger partial charge in [-0.25, -0.2) is 4.39 Å². The monoisotopic (exact) mass is 313 g/mol. The van der Waals surface area contributed by atoms with E-state index in [1.165, 1.54) is 10.9 Å². The molecular formula is C13H13BrFNS. The number of hydrogen-bond acceptors (Lipinski definition) is 2. The van der Waals surface area contributed by atoms with Crippen LogP contribution in [-0.2, 0) is 6.42 Å². The maximum Gasteiger partial charge on any atom is 0.123 e. The molecule has 1 nitrogen and oxygen atoms in total. The lowest BCUT2D eigenvalue weighted by molar-refractivity contribution is 0.592. The summed E-state index contributed by atoms with van der Waals surface area (Å²) < 4.78 is 14.2. The van der Waals surface area contributed by atoms with Gasteiger partial charge >= 0.3 is 0 Å². The SMILES string of the molecule is CNC(Cc1cccc(F)c1)c1ccc(Br)s1. The Balaban J connectivity index is 2.15. The van der Waals surface area contributed by atoms with Crippen LogP contribution in [0.15, 0.2) is 40.2 Å². The van der Waals surface area contributed by atoms with Gasteiger partial charge in [-0.1, -0.05) is 12.1 Å². The van der Waals surface area contributed by atoms with Crippen LogP contribution in [0.25, 0.3) is 0 Å². The summed E-state index contributed by atoms with van der Waals surface area (Å²) in [6.45, 7) is 0. The van der Waals surface area contributed by atoms with Gasteiger partial charge in [0.25, 0.3) is 0 Å². The van der Waals surface area contributed by atoms with Crippen molar-refractivity contribution in [3.63, 3.8) is 0 Å². The summed E-state index contributed by atoms with van der Waals surface area (Å²) in [5.41, 5.74) is 1.01. The van der Waals surface area contributed by atoms with E-state index in [-0.39, 0.29) is 11.9 Å². The summed E-state index contributed by atoms with van der Waals surface area (Å²) >= 11 is 5.16. The molecule has 90 valence electrons. The third kappa shape index (κ3) is 3.37. The second-order valence-corrected chi connectivity index (χ2v) is 6.31. The van der Waals surface area contributed by atoms with E-state index in [9.17, 15) is 4.39 Å². The molecule has 0 amide bonds. The molecule has 1 heterocycles. The second-order valence-electron chi connectivity index (χ2n) is 3.82. The molecular weight excluding hydrogens is 301 g/mol. The van der Waals surface area contributed by atoms with Crippen molar-refractivity contribution in [3.05, 3.63) is 56.4 Å². The zero-order valence-corrected chi connectivity index (χ0v) is 11.8. The van der Waals surface area contributed by atoms with Gasteiger partial charge in [0.1, 0.15) is 5.82 Å². The van der Waals surface area contributed by atoms with Crippen LogP contribution < -0.4 is 5.32 Å². The van der Waals surface area contributed by atoms with Crippen molar-refractivity contribution >= 4 is 27.3 Å². The molecule has 0 aliphatic heterocycles. The van der Waals surface area contributed by atoms with E-state index in [1.54, 1.807) is 23.5 Å². The predicted octanol–water partition coefficient (Wildman–Crippen LogP) is 4.15. The van der Waals surface area contributed by atoms with Crippen LogP contribution in [0.1, 0.15) is 16.5 Å². The molecule has 0 aliphatic carbocycles. The van der Waals surface area contributed by atoms with Crippen LogP contribution in [0, 0.1) is 5.82 Å². The van der Waals surface area contributed by atoms with Gasteiger partial charge in [0.2, 0.25) is 0 Å². The van der Waals surface area contributed by atoms with Crippen molar-refractivity contribution in [2.24, 2.45) is 0 Å². The van der Waals surface area contributed by atoms with Gasteiger partial charge in [-0.05, 0) is 59.2 Å². The third-order valence-electron chi connectivity index (χ3n) is 2.61. The van der Waals surface area contributed by atoms with Gasteiger partial charge in [-0.2, -0.15) is 0 Å². The lowest BCUT2D eigenvalue weighted by Gasteiger charge is -2.14. The van der Waals surface area contributed by atoms with Crippen molar-refractivity contribution in [1.82, 2.24) is 5.32 Å². The van der Waals surface area contributed by atoms with E-state index in [4.69, 9.17) is 0 Å². The molecule has 0 fully saturated rings. The number of rotatable bonds is 4. The van der Waals surface area contributed by atoms with Gasteiger partial charge < -0.3 is 5.32 Å². The van der Waals surface area contributed by atoms with Crippen molar-refractivity contribution in [2.45, 2.75) is 12.5 Å². The molecule has 2 rings (SSSR count). The van der Waals surface area contributed by atoms with E-state index >= 15 is 0 Å². The van der Waals surface area contributed by atoms with Crippen LogP contribution in [-0.4, -0.2) is 7.05 Å². The molecule has 0 bridgehead atoms. The molecule has 0 radical (unpaired) electrons. The van der Waals surface area contributed by atoms with Gasteiger partial charge in [0.05, 0.1) is 3.79 Å². The Hall–Kier alpha value is -0.710. The molecule has 17 heavy (non-hydrogen) atoms. The van der Waals surface area contributed by atoms with Crippen molar-refractivity contribution in [2.75, 3.05) is 7.05 Å². The fourth-order valence-corrected chi connectivity index (χ4v) is 3.29. The molecule has 4 heteroatoms. The first-order valence-corrected chi connectivity index (χ1v) is 6.97. The molecule has 0 spiro atoms. The van der Waals surface area contributed by atoms with Crippen molar-refractivity contribution in [3.8, 4) is 0 Å². The number of nitrogens with one attached hydrogen (secondary N) is 1. The highest BCUT2D eigenvalue weighted by molar-refractivity contribution is 9.11. The third-order valence-corrected chi connectivity index (χ3v) is 4.35. The lowest BCUT2D eigenvalue weighted by atomic mass is 10.0. The van der Waals surface area contributed by atoms with Crippen LogP contribution in [0.2, 0.25) is 0 Å². The molecule has 2 aromatic rings. The summed E-state index contributed by atoms with van der Waals surface area (Å²) in [6, 6.07) is 11.1. The van der Waals surface area contributed by atoms with Crippen LogP contribution >= 0.6 is 27.3 Å². The normalized spacial score (nSPS) is 12.6. The topological polar surface area (TPSA) is 12.0 Å². The van der Waals surface area contributed by atoms with Crippen LogP contribution in [0.3, 0.4) is 0 Å². The molecule has 1 atom stereocenters. The molecule has 1 unspecified atom stereocenters. The second kappa shape index (κ2) is 5.76. The van der Waals surface area contributed by atoms with Crippen molar-refractivity contribution in [1.29, 1.82) is 0 Å². The number of thiophene rings is 1. The molecule has 1 N–H and O–H groups in total. The fourth-order valence-electron chi connectivity index (χ4n) is 1.76. The first-order chi connectivity index (χ1) is 8.19. The standard InChI is InChI=1S/C13H13BrFNS/c1-16-11(12-5-6-13(14)17-12)8-9-3-2-4-10(15)7-9/h2-7,11,16H,8H2,1H3. The first kappa shape index (κ1) is 12.7. The minimum absolute atomic E-state index is 0.176. The fraction of sp³-hybridized carbons (Fsp3) is 0.231. The molecule has 0 aliphatic rings. The highest BCUT2D eigenvalue weighted by Gasteiger charge is 2.12. The number of hydrogen-bond donors (Lipinski definition) is 1. The van der Waals surface area contributed by atoms with Gasteiger partial charge in [-0.15, -0.1) is 11.3 Å². The Bertz CT molecular complexity index is 498. The highest BCUT2D eigenvalue weighted by Crippen LogP contribution is 2.29. The summed E-state index contributed by atoms with van der Waals surface area (Å²) in [5.74, 6) is -0.176. The zero-order chi connectivity index (χ0) is 12.3. The molecule has 0 saturated carbocycles.